The first-order chi connectivity index (χ1) is 12.3. The normalized spacial score (nSPS) is 11.0. The maximum Gasteiger partial charge on any atom is 0.244 e. The van der Waals surface area contributed by atoms with Gasteiger partial charge >= 0.3 is 0 Å². The zero-order valence-corrected chi connectivity index (χ0v) is 15.8. The van der Waals surface area contributed by atoms with Crippen molar-refractivity contribution in [1.82, 2.24) is 5.32 Å². The number of nitrogens with one attached hydrogen (secondary N) is 2. The van der Waals surface area contributed by atoms with Crippen molar-refractivity contribution >= 4 is 23.6 Å². The molecule has 0 spiro atoms. The lowest BCUT2D eigenvalue weighted by Gasteiger charge is -2.09. The molecule has 0 aliphatic heterocycles. The molecule has 0 aliphatic carbocycles. The molecule has 0 aliphatic rings. The molecule has 2 amide bonds. The van der Waals surface area contributed by atoms with Crippen LogP contribution in [0, 0.1) is 19.8 Å². The van der Waals surface area contributed by atoms with Crippen LogP contribution >= 0.6 is 0 Å². The van der Waals surface area contributed by atoms with E-state index < -0.39 is 0 Å². The third-order valence-electron chi connectivity index (χ3n) is 4.05. The Morgan fingerprint density at radius 3 is 2.35 bits per heavy atom. The monoisotopic (exact) mass is 350 g/mol. The molecule has 0 saturated heterocycles. The standard InChI is InChI=1S/C22H26N2O2/c1-15(2)22(26)24-20-10-6-18(7-11-20)14-23-21(25)12-9-19-8-5-16(3)13-17(19)4/h5-13,15H,14H2,1-4H3,(H,23,25)(H,24,26)/b12-9+. The Kier molecular flexibility index (Phi) is 6.73. The summed E-state index contributed by atoms with van der Waals surface area (Å²) in [6, 6.07) is 13.6. The van der Waals surface area contributed by atoms with E-state index in [0.29, 0.717) is 6.54 Å². The highest BCUT2D eigenvalue weighted by molar-refractivity contribution is 5.92. The highest BCUT2D eigenvalue weighted by Crippen LogP contribution is 2.13. The van der Waals surface area contributed by atoms with E-state index >= 15 is 0 Å². The van der Waals surface area contributed by atoms with Gasteiger partial charge in [0.15, 0.2) is 0 Å². The number of benzene rings is 2. The summed E-state index contributed by atoms with van der Waals surface area (Å²) in [5.41, 5.74) is 5.12. The van der Waals surface area contributed by atoms with Gasteiger partial charge in [-0.1, -0.05) is 49.7 Å². The first-order valence-electron chi connectivity index (χ1n) is 8.78. The summed E-state index contributed by atoms with van der Waals surface area (Å²) in [5.74, 6) is -0.206. The molecule has 4 heteroatoms. The van der Waals surface area contributed by atoms with Crippen LogP contribution in [-0.2, 0) is 16.1 Å². The average molecular weight is 350 g/mol. The minimum Gasteiger partial charge on any atom is -0.348 e. The molecule has 2 aromatic rings. The van der Waals surface area contributed by atoms with Crippen LogP contribution in [0.2, 0.25) is 0 Å². The molecule has 2 rings (SSSR count). The fourth-order valence-electron chi connectivity index (χ4n) is 2.42. The van der Waals surface area contributed by atoms with Crippen molar-refractivity contribution in [3.8, 4) is 0 Å². The van der Waals surface area contributed by atoms with Gasteiger partial charge in [-0.3, -0.25) is 9.59 Å². The van der Waals surface area contributed by atoms with Crippen LogP contribution < -0.4 is 10.6 Å². The summed E-state index contributed by atoms with van der Waals surface area (Å²) >= 11 is 0. The van der Waals surface area contributed by atoms with Gasteiger partial charge < -0.3 is 10.6 Å². The number of aryl methyl sites for hydroxylation is 2. The number of rotatable bonds is 6. The molecule has 136 valence electrons. The summed E-state index contributed by atoms with van der Waals surface area (Å²) < 4.78 is 0. The third kappa shape index (κ3) is 5.88. The lowest BCUT2D eigenvalue weighted by atomic mass is 10.1. The molecule has 0 heterocycles. The SMILES string of the molecule is Cc1ccc(/C=C/C(=O)NCc2ccc(NC(=O)C(C)C)cc2)c(C)c1. The first-order valence-corrected chi connectivity index (χ1v) is 8.78. The minimum absolute atomic E-state index is 0.0115. The van der Waals surface area contributed by atoms with E-state index in [1.54, 1.807) is 6.08 Å². The fraction of sp³-hybridized carbons (Fsp3) is 0.273. The molecule has 26 heavy (non-hydrogen) atoms. The lowest BCUT2D eigenvalue weighted by Crippen LogP contribution is -2.20. The Labute approximate surface area is 155 Å². The molecule has 2 aromatic carbocycles. The topological polar surface area (TPSA) is 58.2 Å². The number of amides is 2. The van der Waals surface area contributed by atoms with E-state index in [2.05, 4.69) is 16.7 Å². The van der Waals surface area contributed by atoms with Gasteiger partial charge in [0.05, 0.1) is 0 Å². The molecular weight excluding hydrogens is 324 g/mol. The van der Waals surface area contributed by atoms with Crippen LogP contribution in [0.5, 0.6) is 0 Å². The van der Waals surface area contributed by atoms with E-state index in [9.17, 15) is 9.59 Å². The molecular formula is C22H26N2O2. The van der Waals surface area contributed by atoms with Crippen LogP contribution in [0.4, 0.5) is 5.69 Å². The highest BCUT2D eigenvalue weighted by atomic mass is 16.2. The van der Waals surface area contributed by atoms with Gasteiger partial charge in [-0.15, -0.1) is 0 Å². The number of anilines is 1. The average Bonchev–Trinajstić information content (AvgIpc) is 2.60. The number of hydrogen-bond donors (Lipinski definition) is 2. The van der Waals surface area contributed by atoms with Crippen LogP contribution in [0.3, 0.4) is 0 Å². The van der Waals surface area contributed by atoms with Crippen molar-refractivity contribution in [3.63, 3.8) is 0 Å². The maximum absolute atomic E-state index is 12.0. The number of hydrogen-bond acceptors (Lipinski definition) is 2. The van der Waals surface area contributed by atoms with Gasteiger partial charge in [-0.25, -0.2) is 0 Å². The van der Waals surface area contributed by atoms with E-state index in [-0.39, 0.29) is 17.7 Å². The smallest absolute Gasteiger partial charge is 0.244 e. The molecule has 4 nitrogen and oxygen atoms in total. The zero-order valence-electron chi connectivity index (χ0n) is 15.8. The molecule has 0 radical (unpaired) electrons. The summed E-state index contributed by atoms with van der Waals surface area (Å²) in [7, 11) is 0. The Balaban J connectivity index is 1.87. The van der Waals surface area contributed by atoms with Gasteiger partial charge in [-0.2, -0.15) is 0 Å². The zero-order chi connectivity index (χ0) is 19.1. The van der Waals surface area contributed by atoms with E-state index in [1.807, 2.05) is 70.2 Å². The van der Waals surface area contributed by atoms with E-state index in [0.717, 1.165) is 22.4 Å². The van der Waals surface area contributed by atoms with E-state index in [1.165, 1.54) is 5.56 Å². The molecule has 2 N–H and O–H groups in total. The Morgan fingerprint density at radius 2 is 1.73 bits per heavy atom. The maximum atomic E-state index is 12.0. The predicted molar refractivity (Wildman–Crippen MR) is 107 cm³/mol. The lowest BCUT2D eigenvalue weighted by molar-refractivity contribution is -0.119. The van der Waals surface area contributed by atoms with Gasteiger partial charge in [-0.05, 0) is 48.7 Å². The quantitative estimate of drug-likeness (QED) is 0.766. The van der Waals surface area contributed by atoms with Gasteiger partial charge in [0.25, 0.3) is 0 Å². The van der Waals surface area contributed by atoms with Crippen molar-refractivity contribution in [2.75, 3.05) is 5.32 Å². The van der Waals surface area contributed by atoms with Crippen molar-refractivity contribution in [2.24, 2.45) is 5.92 Å². The number of carbonyl (C=O) groups is 2. The van der Waals surface area contributed by atoms with Crippen LogP contribution in [0.15, 0.2) is 48.5 Å². The van der Waals surface area contributed by atoms with Crippen molar-refractivity contribution in [3.05, 3.63) is 70.8 Å². The van der Waals surface area contributed by atoms with Crippen molar-refractivity contribution in [1.29, 1.82) is 0 Å². The van der Waals surface area contributed by atoms with Crippen LogP contribution in [0.25, 0.3) is 6.08 Å². The summed E-state index contributed by atoms with van der Waals surface area (Å²) in [4.78, 5) is 23.7. The second-order valence-electron chi connectivity index (χ2n) is 6.75. The molecule has 0 fully saturated rings. The van der Waals surface area contributed by atoms with E-state index in [4.69, 9.17) is 0 Å². The summed E-state index contributed by atoms with van der Waals surface area (Å²) in [5, 5.41) is 5.71. The highest BCUT2D eigenvalue weighted by Gasteiger charge is 2.06. The molecule has 0 atom stereocenters. The molecule has 0 unspecified atom stereocenters. The Morgan fingerprint density at radius 1 is 1.04 bits per heavy atom. The van der Waals surface area contributed by atoms with Gasteiger partial charge in [0.2, 0.25) is 11.8 Å². The third-order valence-corrected chi connectivity index (χ3v) is 4.05. The number of carbonyl (C=O) groups excluding carboxylic acids is 2. The van der Waals surface area contributed by atoms with Crippen LogP contribution in [-0.4, -0.2) is 11.8 Å². The minimum atomic E-state index is -0.137. The van der Waals surface area contributed by atoms with Crippen molar-refractivity contribution < 1.29 is 9.59 Å². The molecule has 0 saturated carbocycles. The largest absolute Gasteiger partial charge is 0.348 e. The Hall–Kier alpha value is -2.88. The second kappa shape index (κ2) is 8.99. The first kappa shape index (κ1) is 19.4. The van der Waals surface area contributed by atoms with Gasteiger partial charge in [0, 0.05) is 24.2 Å². The fourth-order valence-corrected chi connectivity index (χ4v) is 2.42. The van der Waals surface area contributed by atoms with Crippen LogP contribution in [0.1, 0.15) is 36.1 Å². The molecule has 0 bridgehead atoms. The summed E-state index contributed by atoms with van der Waals surface area (Å²) in [6.07, 6.45) is 3.38. The predicted octanol–water partition coefficient (Wildman–Crippen LogP) is 4.23. The van der Waals surface area contributed by atoms with Crippen molar-refractivity contribution in [2.45, 2.75) is 34.2 Å². The summed E-state index contributed by atoms with van der Waals surface area (Å²) in [6.45, 7) is 8.22. The second-order valence-corrected chi connectivity index (χ2v) is 6.75. The van der Waals surface area contributed by atoms with Gasteiger partial charge in [0.1, 0.15) is 0 Å². The molecule has 0 aromatic heterocycles. The Bertz CT molecular complexity index is 805.